The molecule has 2 aromatic carbocycles. The average Bonchev–Trinajstić information content (AvgIpc) is 2.72. The number of aromatic nitrogens is 1. The number of benzene rings is 2. The highest BCUT2D eigenvalue weighted by Gasteiger charge is 2.54. The van der Waals surface area contributed by atoms with Gasteiger partial charge < -0.3 is 9.84 Å². The van der Waals surface area contributed by atoms with E-state index in [4.69, 9.17) is 4.74 Å². The first-order chi connectivity index (χ1) is 14.7. The number of fused-ring (bicyclic) bond motifs is 2. The lowest BCUT2D eigenvalue weighted by atomic mass is 9.82. The Morgan fingerprint density at radius 1 is 1.16 bits per heavy atom. The third-order valence-corrected chi connectivity index (χ3v) is 5.46. The first-order valence-electron chi connectivity index (χ1n) is 9.80. The van der Waals surface area contributed by atoms with Crippen LogP contribution in [0.3, 0.4) is 0 Å². The molecule has 0 aliphatic carbocycles. The summed E-state index contributed by atoms with van der Waals surface area (Å²) in [5, 5.41) is 11.2. The van der Waals surface area contributed by atoms with Crippen molar-refractivity contribution in [1.29, 1.82) is 0 Å². The summed E-state index contributed by atoms with van der Waals surface area (Å²) in [4.78, 5) is 8.35. The minimum absolute atomic E-state index is 0.0595. The van der Waals surface area contributed by atoms with E-state index < -0.39 is 29.9 Å². The number of alkyl halides is 3. The van der Waals surface area contributed by atoms with E-state index in [0.717, 1.165) is 5.69 Å². The lowest BCUT2D eigenvalue weighted by Gasteiger charge is -2.33. The van der Waals surface area contributed by atoms with E-state index >= 15 is 0 Å². The molecule has 31 heavy (non-hydrogen) atoms. The molecule has 1 N–H and O–H groups in total. The molecule has 0 radical (unpaired) electrons. The quantitative estimate of drug-likeness (QED) is 0.429. The molecule has 2 atom stereocenters. The summed E-state index contributed by atoms with van der Waals surface area (Å²) in [6, 6.07) is 12.5. The van der Waals surface area contributed by atoms with Gasteiger partial charge in [0.05, 0.1) is 17.8 Å². The Kier molecular flexibility index (Phi) is 5.43. The number of para-hydroxylation sites is 1. The van der Waals surface area contributed by atoms with Crippen molar-refractivity contribution < 1.29 is 27.4 Å². The van der Waals surface area contributed by atoms with E-state index in [0.29, 0.717) is 22.7 Å². The number of hydrogen-bond donors (Lipinski definition) is 1. The zero-order valence-corrected chi connectivity index (χ0v) is 16.7. The van der Waals surface area contributed by atoms with Gasteiger partial charge in [-0.25, -0.2) is 4.39 Å². The Morgan fingerprint density at radius 3 is 2.71 bits per heavy atom. The lowest BCUT2D eigenvalue weighted by Crippen LogP contribution is -2.48. The number of hydrogen-bond acceptors (Lipinski definition) is 4. The van der Waals surface area contributed by atoms with Crippen LogP contribution in [0.2, 0.25) is 0 Å². The molecule has 4 rings (SSSR count). The second kappa shape index (κ2) is 7.92. The van der Waals surface area contributed by atoms with Gasteiger partial charge >= 0.3 is 6.18 Å². The molecule has 0 fully saturated rings. The fraction of sp³-hybridized carbons (Fsp3) is 0.304. The summed E-state index contributed by atoms with van der Waals surface area (Å²) in [6.45, 7) is 1.88. The smallest absolute Gasteiger partial charge is 0.422 e. The van der Waals surface area contributed by atoms with Gasteiger partial charge in [0, 0.05) is 22.9 Å². The van der Waals surface area contributed by atoms with Crippen molar-refractivity contribution in [3.63, 3.8) is 0 Å². The fourth-order valence-corrected chi connectivity index (χ4v) is 3.82. The number of aliphatic hydroxyl groups is 1. The molecule has 0 spiro atoms. The van der Waals surface area contributed by atoms with Crippen molar-refractivity contribution in [2.75, 3.05) is 6.61 Å². The van der Waals surface area contributed by atoms with Crippen LogP contribution < -0.4 is 4.74 Å². The number of ether oxygens (including phenoxy) is 1. The first kappa shape index (κ1) is 21.2. The lowest BCUT2D eigenvalue weighted by molar-refractivity contribution is -0.232. The van der Waals surface area contributed by atoms with Crippen molar-refractivity contribution in [1.82, 2.24) is 4.98 Å². The number of rotatable bonds is 4. The molecule has 3 aromatic rings. The summed E-state index contributed by atoms with van der Waals surface area (Å²) in [5.41, 5.74) is -1.25. The molecule has 0 saturated carbocycles. The third-order valence-electron chi connectivity index (χ3n) is 5.46. The number of aryl methyl sites for hydroxylation is 1. The average molecular weight is 432 g/mol. The zero-order valence-electron chi connectivity index (χ0n) is 16.7. The molecule has 2 unspecified atom stereocenters. The van der Waals surface area contributed by atoms with Crippen LogP contribution in [-0.2, 0) is 0 Å². The van der Waals surface area contributed by atoms with Crippen molar-refractivity contribution in [3.8, 4) is 5.75 Å². The minimum atomic E-state index is -4.97. The molecular formula is C23H20F4N2O2. The monoisotopic (exact) mass is 432 g/mol. The van der Waals surface area contributed by atoms with Gasteiger partial charge in [-0.05, 0) is 56.0 Å². The van der Waals surface area contributed by atoms with Crippen LogP contribution in [0.1, 0.15) is 30.0 Å². The Balaban J connectivity index is 1.70. The van der Waals surface area contributed by atoms with Crippen LogP contribution in [0.15, 0.2) is 53.5 Å². The summed E-state index contributed by atoms with van der Waals surface area (Å²) < 4.78 is 61.1. The third kappa shape index (κ3) is 4.12. The number of pyridine rings is 1. The summed E-state index contributed by atoms with van der Waals surface area (Å²) in [7, 11) is 0. The van der Waals surface area contributed by atoms with Crippen molar-refractivity contribution in [2.45, 2.75) is 37.5 Å². The van der Waals surface area contributed by atoms with E-state index in [-0.39, 0.29) is 24.5 Å². The number of nitrogens with zero attached hydrogens (tertiary/aromatic N) is 2. The Labute approximate surface area is 176 Å². The molecule has 0 amide bonds. The predicted molar refractivity (Wildman–Crippen MR) is 110 cm³/mol. The van der Waals surface area contributed by atoms with Crippen LogP contribution in [0.5, 0.6) is 5.75 Å². The molecule has 1 aliphatic rings. The largest absolute Gasteiger partial charge is 0.490 e. The molecule has 1 aliphatic heterocycles. The summed E-state index contributed by atoms with van der Waals surface area (Å²) >= 11 is 0. The topological polar surface area (TPSA) is 54.7 Å². The highest BCUT2D eigenvalue weighted by molar-refractivity contribution is 5.92. The molecule has 2 heterocycles. The maximum atomic E-state index is 14.0. The second-order valence-electron chi connectivity index (χ2n) is 7.67. The van der Waals surface area contributed by atoms with Gasteiger partial charge in [-0.3, -0.25) is 9.98 Å². The normalized spacial score (nSPS) is 18.6. The molecule has 8 heteroatoms. The van der Waals surface area contributed by atoms with E-state index in [1.54, 1.807) is 30.3 Å². The minimum Gasteiger partial charge on any atom is -0.490 e. The molecule has 0 bridgehead atoms. The molecule has 4 nitrogen and oxygen atoms in total. The Hall–Kier alpha value is -3.00. The van der Waals surface area contributed by atoms with Gasteiger partial charge in [-0.15, -0.1) is 0 Å². The van der Waals surface area contributed by atoms with E-state index in [2.05, 4.69) is 9.98 Å². The first-order valence-corrected chi connectivity index (χ1v) is 9.80. The molecular weight excluding hydrogens is 412 g/mol. The van der Waals surface area contributed by atoms with Gasteiger partial charge in [0.25, 0.3) is 0 Å². The second-order valence-corrected chi connectivity index (χ2v) is 7.67. The Bertz CT molecular complexity index is 1150. The maximum absolute atomic E-state index is 14.0. The van der Waals surface area contributed by atoms with Crippen LogP contribution >= 0.6 is 0 Å². The van der Waals surface area contributed by atoms with Crippen LogP contribution in [0.4, 0.5) is 23.2 Å². The van der Waals surface area contributed by atoms with Crippen molar-refractivity contribution >= 4 is 22.8 Å². The van der Waals surface area contributed by atoms with Crippen LogP contribution in [0, 0.1) is 12.7 Å². The van der Waals surface area contributed by atoms with Crippen LogP contribution in [-0.4, -0.2) is 34.7 Å². The Morgan fingerprint density at radius 2 is 1.94 bits per heavy atom. The highest BCUT2D eigenvalue weighted by Crippen LogP contribution is 2.44. The van der Waals surface area contributed by atoms with E-state index in [9.17, 15) is 22.7 Å². The van der Waals surface area contributed by atoms with Gasteiger partial charge in [0.15, 0.2) is 17.2 Å². The van der Waals surface area contributed by atoms with Gasteiger partial charge in [-0.1, -0.05) is 18.2 Å². The highest BCUT2D eigenvalue weighted by atomic mass is 19.4. The molecule has 162 valence electrons. The van der Waals surface area contributed by atoms with E-state index in [1.807, 2.05) is 6.92 Å². The SMILES string of the molecule is Cc1ccc2c(/N=C/C(O)(CC3CCOc4c(F)cccc43)C(F)(F)F)cccc2n1. The maximum Gasteiger partial charge on any atom is 0.422 e. The number of halogens is 4. The fourth-order valence-electron chi connectivity index (χ4n) is 3.82. The number of aliphatic imine (C=N–C) groups is 1. The molecule has 0 saturated heterocycles. The van der Waals surface area contributed by atoms with E-state index in [1.165, 1.54) is 18.2 Å². The zero-order chi connectivity index (χ0) is 22.2. The molecule has 1 aromatic heterocycles. The van der Waals surface area contributed by atoms with Crippen molar-refractivity contribution in [3.05, 3.63) is 65.6 Å². The van der Waals surface area contributed by atoms with Gasteiger partial charge in [0.2, 0.25) is 0 Å². The van der Waals surface area contributed by atoms with Crippen molar-refractivity contribution in [2.24, 2.45) is 4.99 Å². The standard InChI is InChI=1S/C23H20F4N2O2/c1-14-8-9-17-19(6-3-7-20(17)29-14)28-13-22(30,23(25,26)27)12-15-10-11-31-21-16(15)4-2-5-18(21)24/h2-9,13,15,30H,10-12H2,1H3/b28-13+. The van der Waals surface area contributed by atoms with Crippen LogP contribution in [0.25, 0.3) is 10.9 Å². The summed E-state index contributed by atoms with van der Waals surface area (Å²) in [5.74, 6) is -1.44. The summed E-state index contributed by atoms with van der Waals surface area (Å²) in [6.07, 6.45) is -4.90. The van der Waals surface area contributed by atoms with Gasteiger partial charge in [-0.2, -0.15) is 13.2 Å². The predicted octanol–water partition coefficient (Wildman–Crippen LogP) is 5.63. The van der Waals surface area contributed by atoms with Gasteiger partial charge in [0.1, 0.15) is 0 Å².